The minimum absolute atomic E-state index is 0.290. The number of hydrogen-bond acceptors (Lipinski definition) is 8. The summed E-state index contributed by atoms with van der Waals surface area (Å²) < 4.78 is 33.2. The van der Waals surface area contributed by atoms with E-state index >= 15 is 0 Å². The summed E-state index contributed by atoms with van der Waals surface area (Å²) in [6.45, 7) is 6.84. The van der Waals surface area contributed by atoms with Crippen molar-refractivity contribution in [3.05, 3.63) is 28.2 Å². The molecule has 11 heteroatoms. The lowest BCUT2D eigenvalue weighted by Gasteiger charge is -2.35. The highest BCUT2D eigenvalue weighted by molar-refractivity contribution is 7.91. The van der Waals surface area contributed by atoms with Crippen LogP contribution in [0.1, 0.15) is 5.69 Å². The predicted octanol–water partition coefficient (Wildman–Crippen LogP) is 1.85. The molecule has 2 aromatic heterocycles. The fourth-order valence-corrected chi connectivity index (χ4v) is 6.38. The summed E-state index contributed by atoms with van der Waals surface area (Å²) in [6, 6.07) is 5.14. The number of halogens is 1. The molecule has 0 aliphatic carbocycles. The van der Waals surface area contributed by atoms with Gasteiger partial charge in [-0.1, -0.05) is 11.6 Å². The van der Waals surface area contributed by atoms with Crippen molar-refractivity contribution in [2.24, 2.45) is 0 Å². The molecule has 0 saturated carbocycles. The molecule has 28 heavy (non-hydrogen) atoms. The van der Waals surface area contributed by atoms with Crippen LogP contribution in [0.4, 0.5) is 11.8 Å². The first-order valence-electron chi connectivity index (χ1n) is 9.12. The fraction of sp³-hybridized carbons (Fsp3) is 0.529. The molecule has 4 rings (SSSR count). The summed E-state index contributed by atoms with van der Waals surface area (Å²) in [4.78, 5) is 13.5. The zero-order valence-corrected chi connectivity index (χ0v) is 17.9. The van der Waals surface area contributed by atoms with Crippen molar-refractivity contribution in [2.45, 2.75) is 11.1 Å². The average molecular weight is 444 g/mol. The van der Waals surface area contributed by atoms with E-state index in [2.05, 4.69) is 14.8 Å². The van der Waals surface area contributed by atoms with Gasteiger partial charge in [0.15, 0.2) is 0 Å². The minimum atomic E-state index is -3.49. The molecule has 2 aromatic rings. The lowest BCUT2D eigenvalue weighted by atomic mass is 10.3. The van der Waals surface area contributed by atoms with Gasteiger partial charge in [-0.05, 0) is 19.1 Å². The van der Waals surface area contributed by atoms with Gasteiger partial charge >= 0.3 is 0 Å². The van der Waals surface area contributed by atoms with Gasteiger partial charge in [0.25, 0.3) is 10.0 Å². The monoisotopic (exact) mass is 443 g/mol. The van der Waals surface area contributed by atoms with Crippen LogP contribution < -0.4 is 9.80 Å². The number of ether oxygens (including phenoxy) is 1. The third kappa shape index (κ3) is 4.11. The van der Waals surface area contributed by atoms with E-state index in [1.54, 1.807) is 12.1 Å². The number of piperazine rings is 1. The lowest BCUT2D eigenvalue weighted by molar-refractivity contribution is 0.122. The van der Waals surface area contributed by atoms with Crippen LogP contribution in [-0.2, 0) is 14.8 Å². The number of thiophene rings is 1. The van der Waals surface area contributed by atoms with Crippen LogP contribution in [0.5, 0.6) is 0 Å². The Labute approximate surface area is 173 Å². The van der Waals surface area contributed by atoms with E-state index < -0.39 is 10.0 Å². The van der Waals surface area contributed by atoms with E-state index in [1.165, 1.54) is 4.31 Å². The SMILES string of the molecule is Cc1cc(N2CCN(S(=O)(=O)c3ccc(Cl)s3)CC2)nc(N2CCOCC2)n1. The molecular formula is C17H22ClN5O3S2. The van der Waals surface area contributed by atoms with Gasteiger partial charge in [-0.3, -0.25) is 0 Å². The van der Waals surface area contributed by atoms with Crippen LogP contribution in [-0.4, -0.2) is 75.2 Å². The molecule has 2 aliphatic heterocycles. The maximum absolute atomic E-state index is 12.8. The number of sulfonamides is 1. The number of rotatable bonds is 4. The number of anilines is 2. The fourth-order valence-electron chi connectivity index (χ4n) is 3.32. The Morgan fingerprint density at radius 3 is 2.39 bits per heavy atom. The zero-order chi connectivity index (χ0) is 19.7. The molecule has 0 bridgehead atoms. The standard InChI is InChI=1S/C17H22ClN5O3S2/c1-13-12-15(20-17(19-13)22-8-10-26-11-9-22)21-4-6-23(7-5-21)28(24,25)16-3-2-14(18)27-16/h2-3,12H,4-11H2,1H3. The molecule has 8 nitrogen and oxygen atoms in total. The van der Waals surface area contributed by atoms with E-state index in [0.717, 1.165) is 35.9 Å². The maximum Gasteiger partial charge on any atom is 0.252 e. The largest absolute Gasteiger partial charge is 0.378 e. The van der Waals surface area contributed by atoms with Gasteiger partial charge in [-0.25, -0.2) is 13.4 Å². The predicted molar refractivity (Wildman–Crippen MR) is 110 cm³/mol. The van der Waals surface area contributed by atoms with Crippen molar-refractivity contribution in [3.63, 3.8) is 0 Å². The summed E-state index contributed by atoms with van der Waals surface area (Å²) in [5.74, 6) is 1.55. The third-order valence-electron chi connectivity index (χ3n) is 4.83. The van der Waals surface area contributed by atoms with Crippen molar-refractivity contribution in [2.75, 3.05) is 62.3 Å². The number of hydrogen-bond donors (Lipinski definition) is 0. The Kier molecular flexibility index (Phi) is 5.75. The van der Waals surface area contributed by atoms with Crippen LogP contribution in [0.3, 0.4) is 0 Å². The van der Waals surface area contributed by atoms with Gasteiger partial charge in [0.1, 0.15) is 10.0 Å². The second kappa shape index (κ2) is 8.11. The van der Waals surface area contributed by atoms with Crippen LogP contribution in [0.2, 0.25) is 4.34 Å². The topological polar surface area (TPSA) is 78.9 Å². The normalized spacial score (nSPS) is 19.2. The highest BCUT2D eigenvalue weighted by Crippen LogP contribution is 2.29. The zero-order valence-electron chi connectivity index (χ0n) is 15.5. The smallest absolute Gasteiger partial charge is 0.252 e. The second-order valence-electron chi connectivity index (χ2n) is 6.72. The van der Waals surface area contributed by atoms with Crippen molar-refractivity contribution >= 4 is 44.7 Å². The van der Waals surface area contributed by atoms with Gasteiger partial charge in [-0.15, -0.1) is 11.3 Å². The number of morpholine rings is 1. The average Bonchev–Trinajstić information content (AvgIpc) is 3.15. The number of aryl methyl sites for hydroxylation is 1. The molecule has 4 heterocycles. The summed E-state index contributed by atoms with van der Waals surface area (Å²) >= 11 is 6.99. The van der Waals surface area contributed by atoms with Gasteiger partial charge in [0.05, 0.1) is 17.6 Å². The molecule has 0 atom stereocenters. The Bertz CT molecular complexity index is 938. The Morgan fingerprint density at radius 1 is 1.04 bits per heavy atom. The summed E-state index contributed by atoms with van der Waals surface area (Å²) in [6.07, 6.45) is 0. The highest BCUT2D eigenvalue weighted by Gasteiger charge is 2.30. The van der Waals surface area contributed by atoms with Crippen molar-refractivity contribution in [1.29, 1.82) is 0 Å². The molecule has 0 aromatic carbocycles. The third-order valence-corrected chi connectivity index (χ3v) is 8.43. The van der Waals surface area contributed by atoms with Crippen molar-refractivity contribution in [1.82, 2.24) is 14.3 Å². The Hall–Kier alpha value is -1.46. The van der Waals surface area contributed by atoms with E-state index in [0.29, 0.717) is 53.9 Å². The van der Waals surface area contributed by atoms with E-state index in [1.807, 2.05) is 13.0 Å². The van der Waals surface area contributed by atoms with Gasteiger partial charge in [-0.2, -0.15) is 9.29 Å². The van der Waals surface area contributed by atoms with E-state index in [-0.39, 0.29) is 0 Å². The molecule has 0 N–H and O–H groups in total. The first kappa shape index (κ1) is 19.8. The van der Waals surface area contributed by atoms with Crippen LogP contribution in [0.15, 0.2) is 22.4 Å². The Balaban J connectivity index is 1.47. The lowest BCUT2D eigenvalue weighted by Crippen LogP contribution is -2.49. The quantitative estimate of drug-likeness (QED) is 0.713. The molecule has 0 spiro atoms. The summed E-state index contributed by atoms with van der Waals surface area (Å²) in [5, 5.41) is 0. The van der Waals surface area contributed by atoms with Crippen molar-refractivity contribution < 1.29 is 13.2 Å². The first-order valence-corrected chi connectivity index (χ1v) is 11.8. The number of nitrogens with zero attached hydrogens (tertiary/aromatic N) is 5. The minimum Gasteiger partial charge on any atom is -0.378 e. The van der Waals surface area contributed by atoms with Gasteiger partial charge in [0.2, 0.25) is 5.95 Å². The van der Waals surface area contributed by atoms with E-state index in [4.69, 9.17) is 21.3 Å². The highest BCUT2D eigenvalue weighted by atomic mass is 35.5. The first-order chi connectivity index (χ1) is 13.4. The molecule has 0 unspecified atom stereocenters. The van der Waals surface area contributed by atoms with Crippen LogP contribution in [0.25, 0.3) is 0 Å². The number of aromatic nitrogens is 2. The molecule has 152 valence electrons. The molecule has 2 fully saturated rings. The van der Waals surface area contributed by atoms with E-state index in [9.17, 15) is 8.42 Å². The molecular weight excluding hydrogens is 422 g/mol. The molecule has 0 radical (unpaired) electrons. The second-order valence-corrected chi connectivity index (χ2v) is 10.6. The van der Waals surface area contributed by atoms with Crippen LogP contribution in [0, 0.1) is 6.92 Å². The summed E-state index contributed by atoms with van der Waals surface area (Å²) in [5.41, 5.74) is 0.898. The molecule has 2 aliphatic rings. The van der Waals surface area contributed by atoms with Gasteiger partial charge in [0, 0.05) is 51.0 Å². The Morgan fingerprint density at radius 2 is 1.75 bits per heavy atom. The molecule has 0 amide bonds. The van der Waals surface area contributed by atoms with Gasteiger partial charge < -0.3 is 14.5 Å². The van der Waals surface area contributed by atoms with Crippen LogP contribution >= 0.6 is 22.9 Å². The molecule has 2 saturated heterocycles. The maximum atomic E-state index is 12.8. The summed E-state index contributed by atoms with van der Waals surface area (Å²) in [7, 11) is -3.49. The van der Waals surface area contributed by atoms with Crippen molar-refractivity contribution in [3.8, 4) is 0 Å².